The van der Waals surface area contributed by atoms with E-state index in [0.717, 1.165) is 37.0 Å². The van der Waals surface area contributed by atoms with Crippen LogP contribution in [0.25, 0.3) is 0 Å². The van der Waals surface area contributed by atoms with Crippen molar-refractivity contribution in [3.8, 4) is 6.07 Å². The molecule has 0 aromatic carbocycles. The van der Waals surface area contributed by atoms with Crippen LogP contribution >= 0.6 is 0 Å². The van der Waals surface area contributed by atoms with Gasteiger partial charge < -0.3 is 5.11 Å². The monoisotopic (exact) mass is 347 g/mol. The molecule has 2 rings (SSSR count). The van der Waals surface area contributed by atoms with Crippen LogP contribution in [0.5, 0.6) is 0 Å². The van der Waals surface area contributed by atoms with Crippen LogP contribution in [-0.2, 0) is 4.79 Å². The Morgan fingerprint density at radius 1 is 1.16 bits per heavy atom. The first-order chi connectivity index (χ1) is 12.0. The molecule has 3 heteroatoms. The number of rotatable bonds is 8. The molecule has 0 aromatic rings. The van der Waals surface area contributed by atoms with Gasteiger partial charge in [-0.25, -0.2) is 0 Å². The first-order valence-electron chi connectivity index (χ1n) is 10.6. The minimum Gasteiger partial charge on any atom is -0.481 e. The maximum Gasteiger partial charge on any atom is 0.303 e. The van der Waals surface area contributed by atoms with E-state index in [4.69, 9.17) is 5.11 Å². The third-order valence-corrected chi connectivity index (χ3v) is 7.37. The molecule has 2 saturated carbocycles. The smallest absolute Gasteiger partial charge is 0.303 e. The summed E-state index contributed by atoms with van der Waals surface area (Å²) in [5, 5.41) is 18.7. The summed E-state index contributed by atoms with van der Waals surface area (Å²) in [6.07, 6.45) is 14.6. The number of hydrogen-bond donors (Lipinski definition) is 1. The molecule has 0 amide bonds. The van der Waals surface area contributed by atoms with Crippen LogP contribution in [0.3, 0.4) is 0 Å². The number of nitriles is 1. The van der Waals surface area contributed by atoms with Gasteiger partial charge in [0.2, 0.25) is 0 Å². The van der Waals surface area contributed by atoms with E-state index in [2.05, 4.69) is 19.9 Å². The van der Waals surface area contributed by atoms with Crippen molar-refractivity contribution in [1.82, 2.24) is 0 Å². The zero-order valence-electron chi connectivity index (χ0n) is 16.3. The number of hydrogen-bond acceptors (Lipinski definition) is 2. The number of aliphatic carboxylic acids is 1. The van der Waals surface area contributed by atoms with Crippen molar-refractivity contribution in [2.24, 2.45) is 29.1 Å². The molecule has 0 aromatic heterocycles. The predicted octanol–water partition coefficient (Wildman–Crippen LogP) is 6.18. The minimum absolute atomic E-state index is 0.200. The van der Waals surface area contributed by atoms with Crippen LogP contribution in [0.1, 0.15) is 97.3 Å². The van der Waals surface area contributed by atoms with Crippen LogP contribution in [0.2, 0.25) is 0 Å². The molecule has 2 aliphatic carbocycles. The maximum absolute atomic E-state index is 10.7. The summed E-state index contributed by atoms with van der Waals surface area (Å²) in [5.74, 6) is 2.29. The van der Waals surface area contributed by atoms with Crippen molar-refractivity contribution >= 4 is 5.97 Å². The molecule has 0 unspecified atom stereocenters. The average molecular weight is 348 g/mol. The van der Waals surface area contributed by atoms with Gasteiger partial charge in [-0.2, -0.15) is 5.26 Å². The molecule has 2 aliphatic rings. The van der Waals surface area contributed by atoms with E-state index in [-0.39, 0.29) is 11.8 Å². The van der Waals surface area contributed by atoms with Crippen LogP contribution < -0.4 is 0 Å². The molecule has 25 heavy (non-hydrogen) atoms. The normalized spacial score (nSPS) is 34.2. The fourth-order valence-electron chi connectivity index (χ4n) is 5.53. The lowest BCUT2D eigenvalue weighted by atomic mass is 9.60. The molecular weight excluding hydrogens is 310 g/mol. The lowest BCUT2D eigenvalue weighted by Gasteiger charge is -2.43. The zero-order valence-corrected chi connectivity index (χ0v) is 16.3. The van der Waals surface area contributed by atoms with E-state index in [1.54, 1.807) is 0 Å². The third kappa shape index (κ3) is 5.47. The van der Waals surface area contributed by atoms with Gasteiger partial charge in [-0.15, -0.1) is 0 Å². The second-order valence-corrected chi connectivity index (χ2v) is 8.86. The van der Waals surface area contributed by atoms with E-state index in [9.17, 15) is 10.1 Å². The van der Waals surface area contributed by atoms with Gasteiger partial charge in [-0.3, -0.25) is 4.79 Å². The average Bonchev–Trinajstić information content (AvgIpc) is 2.62. The van der Waals surface area contributed by atoms with Crippen molar-refractivity contribution in [2.75, 3.05) is 0 Å². The Morgan fingerprint density at radius 3 is 2.28 bits per heavy atom. The number of carboxylic acids is 1. The molecular formula is C22H37NO2. The second-order valence-electron chi connectivity index (χ2n) is 8.86. The Balaban J connectivity index is 1.80. The van der Waals surface area contributed by atoms with Crippen LogP contribution in [-0.4, -0.2) is 11.1 Å². The van der Waals surface area contributed by atoms with Gasteiger partial charge in [0, 0.05) is 6.42 Å². The largest absolute Gasteiger partial charge is 0.481 e. The summed E-state index contributed by atoms with van der Waals surface area (Å²) in [7, 11) is 0. The summed E-state index contributed by atoms with van der Waals surface area (Å²) in [6.45, 7) is 4.47. The highest BCUT2D eigenvalue weighted by Gasteiger charge is 2.41. The van der Waals surface area contributed by atoms with Crippen LogP contribution in [0.15, 0.2) is 0 Å². The highest BCUT2D eigenvalue weighted by molar-refractivity contribution is 5.66. The lowest BCUT2D eigenvalue weighted by molar-refractivity contribution is -0.137. The predicted molar refractivity (Wildman–Crippen MR) is 101 cm³/mol. The fraction of sp³-hybridized carbons (Fsp3) is 0.909. The highest BCUT2D eigenvalue weighted by atomic mass is 16.4. The Morgan fingerprint density at radius 2 is 1.76 bits per heavy atom. The fourth-order valence-corrected chi connectivity index (χ4v) is 5.53. The SMILES string of the molecule is CCCC1CCC([C@H]2CC[C@](C#N)([C@@H](C)CCCC(=O)O)CC2)CC1. The van der Waals surface area contributed by atoms with Gasteiger partial charge in [-0.1, -0.05) is 39.5 Å². The Labute approximate surface area is 154 Å². The van der Waals surface area contributed by atoms with E-state index < -0.39 is 5.97 Å². The zero-order chi connectivity index (χ0) is 18.3. The van der Waals surface area contributed by atoms with E-state index in [0.29, 0.717) is 12.3 Å². The van der Waals surface area contributed by atoms with Gasteiger partial charge in [0.15, 0.2) is 0 Å². The number of carboxylic acid groups (broad SMARTS) is 1. The third-order valence-electron chi connectivity index (χ3n) is 7.37. The van der Waals surface area contributed by atoms with Gasteiger partial charge in [0.1, 0.15) is 0 Å². The minimum atomic E-state index is -0.722. The molecule has 2 fully saturated rings. The molecule has 3 nitrogen and oxygen atoms in total. The summed E-state index contributed by atoms with van der Waals surface area (Å²) in [5.41, 5.74) is -0.200. The first kappa shape index (κ1) is 20.3. The Kier molecular flexibility index (Phi) is 7.79. The summed E-state index contributed by atoms with van der Waals surface area (Å²) in [6, 6.07) is 2.66. The summed E-state index contributed by atoms with van der Waals surface area (Å²) >= 11 is 0. The molecule has 142 valence electrons. The van der Waals surface area contributed by atoms with Gasteiger partial charge >= 0.3 is 5.97 Å². The molecule has 1 atom stereocenters. The highest BCUT2D eigenvalue weighted by Crippen LogP contribution is 2.49. The maximum atomic E-state index is 10.7. The Bertz CT molecular complexity index is 451. The van der Waals surface area contributed by atoms with Crippen molar-refractivity contribution in [1.29, 1.82) is 5.26 Å². The molecule has 0 aliphatic heterocycles. The summed E-state index contributed by atoms with van der Waals surface area (Å²) in [4.78, 5) is 10.7. The topological polar surface area (TPSA) is 61.1 Å². The number of nitrogens with zero attached hydrogens (tertiary/aromatic N) is 1. The van der Waals surface area contributed by atoms with Gasteiger partial charge in [0.25, 0.3) is 0 Å². The molecule has 0 spiro atoms. The van der Waals surface area contributed by atoms with Crippen molar-refractivity contribution in [3.05, 3.63) is 0 Å². The molecule has 1 N–H and O–H groups in total. The second kappa shape index (κ2) is 9.60. The van der Waals surface area contributed by atoms with E-state index in [1.807, 2.05) is 0 Å². The van der Waals surface area contributed by atoms with Crippen molar-refractivity contribution in [2.45, 2.75) is 97.3 Å². The first-order valence-corrected chi connectivity index (χ1v) is 10.6. The van der Waals surface area contributed by atoms with Crippen molar-refractivity contribution < 1.29 is 9.90 Å². The molecule has 0 heterocycles. The summed E-state index contributed by atoms with van der Waals surface area (Å²) < 4.78 is 0. The van der Waals surface area contributed by atoms with E-state index in [1.165, 1.54) is 51.4 Å². The number of carbonyl (C=O) groups is 1. The standard InChI is InChI=1S/C22H37NO2/c1-3-5-18-8-10-19(11-9-18)20-12-14-22(16-23,15-13-20)17(2)6-4-7-21(24)25/h17-20H,3-15H2,1-2H3,(H,24,25)/t17-,18?,19?,20-,22-/m0/s1. The van der Waals surface area contributed by atoms with Gasteiger partial charge in [-0.05, 0) is 75.0 Å². The lowest BCUT2D eigenvalue weighted by Crippen LogP contribution is -2.35. The molecule has 0 radical (unpaired) electrons. The Hall–Kier alpha value is -1.04. The molecule has 0 saturated heterocycles. The van der Waals surface area contributed by atoms with Crippen molar-refractivity contribution in [3.63, 3.8) is 0 Å². The van der Waals surface area contributed by atoms with Crippen LogP contribution in [0, 0.1) is 40.4 Å². The quantitative estimate of drug-likeness (QED) is 0.570. The van der Waals surface area contributed by atoms with Gasteiger partial charge in [0.05, 0.1) is 11.5 Å². The van der Waals surface area contributed by atoms with Crippen LogP contribution in [0.4, 0.5) is 0 Å². The molecule has 0 bridgehead atoms. The van der Waals surface area contributed by atoms with E-state index >= 15 is 0 Å².